The van der Waals surface area contributed by atoms with Crippen LogP contribution < -0.4 is 5.32 Å². The van der Waals surface area contributed by atoms with E-state index in [1.54, 1.807) is 13.8 Å². The summed E-state index contributed by atoms with van der Waals surface area (Å²) in [4.78, 5) is 36.3. The van der Waals surface area contributed by atoms with Crippen LogP contribution in [0.3, 0.4) is 0 Å². The molecule has 0 aromatic heterocycles. The van der Waals surface area contributed by atoms with Gasteiger partial charge in [0.2, 0.25) is 5.91 Å². The number of carbonyl (C=O) groups is 3. The molecule has 0 saturated heterocycles. The van der Waals surface area contributed by atoms with Gasteiger partial charge in [-0.25, -0.2) is 0 Å². The summed E-state index contributed by atoms with van der Waals surface area (Å²) in [6.07, 6.45) is -4.71. The SMILES string of the molecule is CC1(C)CC(=O)C(C(=O)Nc2ccc(Cl)cc2C(F)(F)F)C(=O)C1. The van der Waals surface area contributed by atoms with Crippen LogP contribution in [0.15, 0.2) is 18.2 Å². The van der Waals surface area contributed by atoms with Crippen LogP contribution in [0.25, 0.3) is 0 Å². The lowest BCUT2D eigenvalue weighted by atomic mass is 9.71. The Kier molecular flexibility index (Phi) is 4.77. The van der Waals surface area contributed by atoms with Crippen molar-refractivity contribution >= 4 is 34.8 Å². The van der Waals surface area contributed by atoms with Gasteiger partial charge in [0.15, 0.2) is 17.5 Å². The number of benzene rings is 1. The predicted molar refractivity (Wildman–Crippen MR) is 81.6 cm³/mol. The number of carbonyl (C=O) groups excluding carboxylic acids is 3. The second-order valence-corrected chi connectivity index (χ2v) is 7.00. The van der Waals surface area contributed by atoms with Crippen LogP contribution in [-0.2, 0) is 20.6 Å². The maximum atomic E-state index is 13.0. The highest BCUT2D eigenvalue weighted by Crippen LogP contribution is 2.38. The third-order valence-electron chi connectivity index (χ3n) is 3.76. The van der Waals surface area contributed by atoms with Gasteiger partial charge in [0, 0.05) is 17.9 Å². The van der Waals surface area contributed by atoms with Crippen LogP contribution in [0.2, 0.25) is 5.02 Å². The van der Waals surface area contributed by atoms with Gasteiger partial charge in [0.25, 0.3) is 0 Å². The highest BCUT2D eigenvalue weighted by atomic mass is 35.5. The largest absolute Gasteiger partial charge is 0.418 e. The van der Waals surface area contributed by atoms with E-state index < -0.39 is 46.2 Å². The van der Waals surface area contributed by atoms with Gasteiger partial charge in [-0.2, -0.15) is 13.2 Å². The molecule has 24 heavy (non-hydrogen) atoms. The summed E-state index contributed by atoms with van der Waals surface area (Å²) in [5.74, 6) is -3.80. The van der Waals surface area contributed by atoms with Gasteiger partial charge in [-0.05, 0) is 23.6 Å². The number of halogens is 4. The average Bonchev–Trinajstić information content (AvgIpc) is 2.37. The monoisotopic (exact) mass is 361 g/mol. The van der Waals surface area contributed by atoms with E-state index in [4.69, 9.17) is 11.6 Å². The van der Waals surface area contributed by atoms with Crippen molar-refractivity contribution in [2.45, 2.75) is 32.9 Å². The zero-order valence-corrected chi connectivity index (χ0v) is 13.7. The van der Waals surface area contributed by atoms with Crippen molar-refractivity contribution in [3.8, 4) is 0 Å². The second kappa shape index (κ2) is 6.20. The molecule has 130 valence electrons. The first-order valence-electron chi connectivity index (χ1n) is 7.14. The molecule has 0 spiro atoms. The molecule has 1 aromatic rings. The average molecular weight is 362 g/mol. The van der Waals surface area contributed by atoms with E-state index in [9.17, 15) is 27.6 Å². The van der Waals surface area contributed by atoms with E-state index in [1.807, 2.05) is 5.32 Å². The minimum atomic E-state index is -4.74. The van der Waals surface area contributed by atoms with Crippen molar-refractivity contribution in [2.24, 2.45) is 11.3 Å². The quantitative estimate of drug-likeness (QED) is 0.813. The molecule has 1 amide bonds. The first kappa shape index (κ1) is 18.4. The van der Waals surface area contributed by atoms with Crippen LogP contribution in [0.4, 0.5) is 18.9 Å². The lowest BCUT2D eigenvalue weighted by Gasteiger charge is -2.31. The van der Waals surface area contributed by atoms with Gasteiger partial charge < -0.3 is 5.32 Å². The van der Waals surface area contributed by atoms with Crippen LogP contribution >= 0.6 is 11.6 Å². The number of alkyl halides is 3. The van der Waals surface area contributed by atoms with Crippen molar-refractivity contribution in [1.82, 2.24) is 0 Å². The molecule has 0 atom stereocenters. The van der Waals surface area contributed by atoms with Crippen molar-refractivity contribution in [3.63, 3.8) is 0 Å². The normalized spacial score (nSPS) is 18.6. The number of amides is 1. The Morgan fingerprint density at radius 2 is 1.75 bits per heavy atom. The summed E-state index contributed by atoms with van der Waals surface area (Å²) in [5.41, 5.74) is -2.23. The predicted octanol–water partition coefficient (Wildman–Crippen LogP) is 3.87. The Morgan fingerprint density at radius 3 is 2.25 bits per heavy atom. The number of Topliss-reactive ketones (excluding diaryl/α,β-unsaturated/α-hetero) is 2. The zero-order chi connectivity index (χ0) is 18.3. The molecule has 0 unspecified atom stereocenters. The molecule has 1 aliphatic rings. The lowest BCUT2D eigenvalue weighted by molar-refractivity contribution is -0.144. The number of hydrogen-bond donors (Lipinski definition) is 1. The molecule has 4 nitrogen and oxygen atoms in total. The summed E-state index contributed by atoms with van der Waals surface area (Å²) >= 11 is 5.56. The van der Waals surface area contributed by atoms with Gasteiger partial charge in [0.05, 0.1) is 11.3 Å². The smallest absolute Gasteiger partial charge is 0.324 e. The van der Waals surface area contributed by atoms with E-state index in [-0.39, 0.29) is 17.9 Å². The molecular formula is C16H15ClF3NO3. The number of ketones is 2. The van der Waals surface area contributed by atoms with E-state index >= 15 is 0 Å². The summed E-state index contributed by atoms with van der Waals surface area (Å²) < 4.78 is 39.1. The van der Waals surface area contributed by atoms with E-state index in [1.165, 1.54) is 6.07 Å². The van der Waals surface area contributed by atoms with Gasteiger partial charge in [0.1, 0.15) is 0 Å². The fourth-order valence-corrected chi connectivity index (χ4v) is 2.92. The van der Waals surface area contributed by atoms with Gasteiger partial charge in [-0.3, -0.25) is 14.4 Å². The molecule has 0 bridgehead atoms. The lowest BCUT2D eigenvalue weighted by Crippen LogP contribution is -2.44. The van der Waals surface area contributed by atoms with E-state index in [0.29, 0.717) is 6.07 Å². The second-order valence-electron chi connectivity index (χ2n) is 6.56. The van der Waals surface area contributed by atoms with E-state index in [2.05, 4.69) is 0 Å². The number of hydrogen-bond acceptors (Lipinski definition) is 3. The molecule has 8 heteroatoms. The highest BCUT2D eigenvalue weighted by molar-refractivity contribution is 6.30. The summed E-state index contributed by atoms with van der Waals surface area (Å²) in [7, 11) is 0. The molecule has 2 rings (SSSR count). The maximum absolute atomic E-state index is 13.0. The molecule has 1 fully saturated rings. The van der Waals surface area contributed by atoms with E-state index in [0.717, 1.165) is 6.07 Å². The van der Waals surface area contributed by atoms with Crippen LogP contribution in [0.1, 0.15) is 32.3 Å². The van der Waals surface area contributed by atoms with Crippen LogP contribution in [0, 0.1) is 11.3 Å². The molecule has 1 N–H and O–H groups in total. The summed E-state index contributed by atoms with van der Waals surface area (Å²) in [5, 5.41) is 1.90. The van der Waals surface area contributed by atoms with Crippen molar-refractivity contribution in [2.75, 3.05) is 5.32 Å². The molecule has 1 aliphatic carbocycles. The Hall–Kier alpha value is -1.89. The van der Waals surface area contributed by atoms with Gasteiger partial charge in [-0.15, -0.1) is 0 Å². The van der Waals surface area contributed by atoms with Gasteiger partial charge >= 0.3 is 6.18 Å². The molecular weight excluding hydrogens is 347 g/mol. The minimum Gasteiger partial charge on any atom is -0.324 e. The zero-order valence-electron chi connectivity index (χ0n) is 13.0. The molecule has 0 heterocycles. The number of rotatable bonds is 2. The van der Waals surface area contributed by atoms with Crippen molar-refractivity contribution < 1.29 is 27.6 Å². The fraction of sp³-hybridized carbons (Fsp3) is 0.438. The first-order valence-corrected chi connectivity index (χ1v) is 7.51. The minimum absolute atomic E-state index is 0.0174. The Balaban J connectivity index is 2.28. The van der Waals surface area contributed by atoms with Gasteiger partial charge in [-0.1, -0.05) is 25.4 Å². The van der Waals surface area contributed by atoms with Crippen molar-refractivity contribution in [3.05, 3.63) is 28.8 Å². The highest BCUT2D eigenvalue weighted by Gasteiger charge is 2.44. The number of anilines is 1. The Morgan fingerprint density at radius 1 is 1.21 bits per heavy atom. The maximum Gasteiger partial charge on any atom is 0.418 e. The standard InChI is InChI=1S/C16H15ClF3NO3/c1-15(2)6-11(22)13(12(23)7-15)14(24)21-10-4-3-8(17)5-9(10)16(18,19)20/h3-5,13H,6-7H2,1-2H3,(H,21,24). The topological polar surface area (TPSA) is 63.2 Å². The Bertz CT molecular complexity index is 693. The third-order valence-corrected chi connectivity index (χ3v) is 3.99. The number of nitrogens with one attached hydrogen (secondary N) is 1. The van der Waals surface area contributed by atoms with Crippen LogP contribution in [0.5, 0.6) is 0 Å². The van der Waals surface area contributed by atoms with Crippen molar-refractivity contribution in [1.29, 1.82) is 0 Å². The molecule has 0 radical (unpaired) electrons. The fourth-order valence-electron chi connectivity index (χ4n) is 2.75. The first-order chi connectivity index (χ1) is 10.9. The summed E-state index contributed by atoms with van der Waals surface area (Å²) in [6, 6.07) is 2.84. The van der Waals surface area contributed by atoms with Crippen LogP contribution in [-0.4, -0.2) is 17.5 Å². The molecule has 0 aliphatic heterocycles. The molecule has 1 saturated carbocycles. The molecule has 1 aromatic carbocycles. The Labute approximate surface area is 141 Å². The summed E-state index contributed by atoms with van der Waals surface area (Å²) in [6.45, 7) is 3.44. The third kappa shape index (κ3) is 3.95.